The molecule has 2 amide bonds. The van der Waals surface area contributed by atoms with E-state index in [-0.39, 0.29) is 24.6 Å². The second kappa shape index (κ2) is 7.82. The molecular formula is C16H13BrF2N2O2. The predicted octanol–water partition coefficient (Wildman–Crippen LogP) is 3.49. The molecule has 0 bridgehead atoms. The van der Waals surface area contributed by atoms with Crippen LogP contribution in [0.5, 0.6) is 0 Å². The van der Waals surface area contributed by atoms with Gasteiger partial charge < -0.3 is 10.6 Å². The van der Waals surface area contributed by atoms with Crippen LogP contribution in [-0.2, 0) is 4.79 Å². The van der Waals surface area contributed by atoms with Gasteiger partial charge in [0.2, 0.25) is 5.91 Å². The van der Waals surface area contributed by atoms with Crippen molar-refractivity contribution in [2.24, 2.45) is 0 Å². The number of anilines is 1. The molecule has 0 spiro atoms. The van der Waals surface area contributed by atoms with Gasteiger partial charge >= 0.3 is 0 Å². The Morgan fingerprint density at radius 1 is 1.04 bits per heavy atom. The minimum Gasteiger partial charge on any atom is -0.352 e. The maximum absolute atomic E-state index is 13.4. The molecule has 0 aliphatic rings. The van der Waals surface area contributed by atoms with Crippen molar-refractivity contribution in [1.82, 2.24) is 5.32 Å². The van der Waals surface area contributed by atoms with Gasteiger partial charge in [-0.25, -0.2) is 8.78 Å². The van der Waals surface area contributed by atoms with Crippen molar-refractivity contribution in [2.75, 3.05) is 11.9 Å². The smallest absolute Gasteiger partial charge is 0.251 e. The van der Waals surface area contributed by atoms with E-state index in [9.17, 15) is 18.4 Å². The van der Waals surface area contributed by atoms with Crippen LogP contribution in [0.15, 0.2) is 46.9 Å². The van der Waals surface area contributed by atoms with Gasteiger partial charge in [0, 0.05) is 23.0 Å². The van der Waals surface area contributed by atoms with Gasteiger partial charge in [-0.2, -0.15) is 0 Å². The fourth-order valence-corrected chi connectivity index (χ4v) is 2.07. The lowest BCUT2D eigenvalue weighted by molar-refractivity contribution is -0.116. The van der Waals surface area contributed by atoms with Gasteiger partial charge in [-0.1, -0.05) is 22.0 Å². The molecule has 0 atom stereocenters. The summed E-state index contributed by atoms with van der Waals surface area (Å²) in [5.41, 5.74) is 0.235. The molecule has 0 aliphatic carbocycles. The van der Waals surface area contributed by atoms with Gasteiger partial charge in [-0.15, -0.1) is 0 Å². The van der Waals surface area contributed by atoms with Crippen LogP contribution in [0.4, 0.5) is 14.5 Å². The lowest BCUT2D eigenvalue weighted by Crippen LogP contribution is -2.27. The fraction of sp³-hybridized carbons (Fsp3) is 0.125. The minimum atomic E-state index is -1.11. The van der Waals surface area contributed by atoms with E-state index in [1.54, 1.807) is 24.3 Å². The Labute approximate surface area is 140 Å². The van der Waals surface area contributed by atoms with Gasteiger partial charge in [0.05, 0.1) is 5.69 Å². The van der Waals surface area contributed by atoms with E-state index < -0.39 is 17.5 Å². The Morgan fingerprint density at radius 2 is 1.74 bits per heavy atom. The summed E-state index contributed by atoms with van der Waals surface area (Å²) in [7, 11) is 0. The van der Waals surface area contributed by atoms with E-state index in [4.69, 9.17) is 0 Å². The summed E-state index contributed by atoms with van der Waals surface area (Å²) in [4.78, 5) is 23.5. The van der Waals surface area contributed by atoms with Crippen molar-refractivity contribution in [3.8, 4) is 0 Å². The quantitative estimate of drug-likeness (QED) is 0.831. The topological polar surface area (TPSA) is 58.2 Å². The lowest BCUT2D eigenvalue weighted by atomic mass is 10.2. The highest BCUT2D eigenvalue weighted by molar-refractivity contribution is 9.10. The van der Waals surface area contributed by atoms with Crippen molar-refractivity contribution in [3.63, 3.8) is 0 Å². The van der Waals surface area contributed by atoms with Crippen LogP contribution < -0.4 is 10.6 Å². The second-order valence-electron chi connectivity index (χ2n) is 4.66. The third-order valence-electron chi connectivity index (χ3n) is 2.97. The zero-order valence-electron chi connectivity index (χ0n) is 11.9. The first kappa shape index (κ1) is 17.1. The highest BCUT2D eigenvalue weighted by Crippen LogP contribution is 2.16. The Bertz CT molecular complexity index is 721. The Balaban J connectivity index is 1.82. The summed E-state index contributed by atoms with van der Waals surface area (Å²) in [5, 5.41) is 4.84. The molecule has 2 rings (SSSR count). The number of nitrogens with one attached hydrogen (secondary N) is 2. The standard InChI is InChI=1S/C16H13BrF2N2O2/c17-11-6-4-10(5-7-11)16(23)20-9-8-14(22)21-13-3-1-2-12(18)15(13)19/h1-7H,8-9H2,(H,20,23)(H,21,22). The van der Waals surface area contributed by atoms with E-state index in [0.29, 0.717) is 5.56 Å². The van der Waals surface area contributed by atoms with E-state index >= 15 is 0 Å². The van der Waals surface area contributed by atoms with Crippen molar-refractivity contribution in [3.05, 3.63) is 64.1 Å². The lowest BCUT2D eigenvalue weighted by Gasteiger charge is -2.08. The Morgan fingerprint density at radius 3 is 2.43 bits per heavy atom. The monoisotopic (exact) mass is 382 g/mol. The van der Waals surface area contributed by atoms with Crippen molar-refractivity contribution in [1.29, 1.82) is 0 Å². The number of halogens is 3. The SMILES string of the molecule is O=C(CCNC(=O)c1ccc(Br)cc1)Nc1cccc(F)c1F. The van der Waals surface area contributed by atoms with Crippen molar-refractivity contribution < 1.29 is 18.4 Å². The molecule has 120 valence electrons. The van der Waals surface area contributed by atoms with E-state index in [1.807, 2.05) is 0 Å². The molecule has 7 heteroatoms. The van der Waals surface area contributed by atoms with Gasteiger partial charge in [0.25, 0.3) is 5.91 Å². The van der Waals surface area contributed by atoms with E-state index in [0.717, 1.165) is 10.5 Å². The molecule has 0 fully saturated rings. The molecule has 2 aromatic carbocycles. The van der Waals surface area contributed by atoms with Gasteiger partial charge in [0.1, 0.15) is 0 Å². The highest BCUT2D eigenvalue weighted by Gasteiger charge is 2.11. The normalized spacial score (nSPS) is 10.2. The summed E-state index contributed by atoms with van der Waals surface area (Å²) >= 11 is 3.27. The van der Waals surface area contributed by atoms with Crippen molar-refractivity contribution in [2.45, 2.75) is 6.42 Å². The third-order valence-corrected chi connectivity index (χ3v) is 3.50. The summed E-state index contributed by atoms with van der Waals surface area (Å²) in [6.07, 6.45) is -0.0573. The molecule has 0 radical (unpaired) electrons. The molecule has 0 saturated heterocycles. The number of hydrogen-bond acceptors (Lipinski definition) is 2. The number of hydrogen-bond donors (Lipinski definition) is 2. The molecule has 2 aromatic rings. The average Bonchev–Trinajstić information content (AvgIpc) is 2.52. The van der Waals surface area contributed by atoms with Gasteiger partial charge in [0.15, 0.2) is 11.6 Å². The first-order chi connectivity index (χ1) is 11.0. The van der Waals surface area contributed by atoms with Crippen LogP contribution in [0.3, 0.4) is 0 Å². The summed E-state index contributed by atoms with van der Waals surface area (Å²) in [5.74, 6) is -2.99. The molecule has 0 saturated carbocycles. The third kappa shape index (κ3) is 4.85. The summed E-state index contributed by atoms with van der Waals surface area (Å²) < 4.78 is 27.3. The van der Waals surface area contributed by atoms with Crippen LogP contribution in [0, 0.1) is 11.6 Å². The zero-order chi connectivity index (χ0) is 16.8. The minimum absolute atomic E-state index is 0.0573. The molecule has 4 nitrogen and oxygen atoms in total. The highest BCUT2D eigenvalue weighted by atomic mass is 79.9. The summed E-state index contributed by atoms with van der Waals surface area (Å²) in [6, 6.07) is 10.3. The molecule has 0 aliphatic heterocycles. The molecule has 0 unspecified atom stereocenters. The van der Waals surface area contributed by atoms with E-state index in [1.165, 1.54) is 12.1 Å². The van der Waals surface area contributed by atoms with Crippen LogP contribution in [0.2, 0.25) is 0 Å². The number of carbonyl (C=O) groups is 2. The maximum Gasteiger partial charge on any atom is 0.251 e. The molecule has 0 heterocycles. The van der Waals surface area contributed by atoms with Crippen LogP contribution in [0.1, 0.15) is 16.8 Å². The number of amides is 2. The largest absolute Gasteiger partial charge is 0.352 e. The summed E-state index contributed by atoms with van der Waals surface area (Å²) in [6.45, 7) is 0.0810. The van der Waals surface area contributed by atoms with Crippen LogP contribution >= 0.6 is 15.9 Å². The zero-order valence-corrected chi connectivity index (χ0v) is 13.5. The van der Waals surface area contributed by atoms with E-state index in [2.05, 4.69) is 26.6 Å². The molecule has 23 heavy (non-hydrogen) atoms. The fourth-order valence-electron chi connectivity index (χ4n) is 1.81. The first-order valence-electron chi connectivity index (χ1n) is 6.75. The Kier molecular flexibility index (Phi) is 5.81. The van der Waals surface area contributed by atoms with Crippen LogP contribution in [-0.4, -0.2) is 18.4 Å². The first-order valence-corrected chi connectivity index (χ1v) is 7.54. The molecule has 2 N–H and O–H groups in total. The molecular weight excluding hydrogens is 370 g/mol. The van der Waals surface area contributed by atoms with Gasteiger partial charge in [-0.05, 0) is 36.4 Å². The Hall–Kier alpha value is -2.28. The average molecular weight is 383 g/mol. The van der Waals surface area contributed by atoms with Crippen molar-refractivity contribution >= 4 is 33.4 Å². The predicted molar refractivity (Wildman–Crippen MR) is 86.1 cm³/mol. The van der Waals surface area contributed by atoms with Gasteiger partial charge in [-0.3, -0.25) is 9.59 Å². The number of rotatable bonds is 5. The number of carbonyl (C=O) groups excluding carboxylic acids is 2. The molecule has 0 aromatic heterocycles. The number of benzene rings is 2. The van der Waals surface area contributed by atoms with Crippen LogP contribution in [0.25, 0.3) is 0 Å². The maximum atomic E-state index is 13.4. The second-order valence-corrected chi connectivity index (χ2v) is 5.58.